The predicted molar refractivity (Wildman–Crippen MR) is 64.6 cm³/mol. The SMILES string of the molecule is CCC(C)(O)CNc1cc(CO)cc(C(F)(F)F)n1. The molecule has 108 valence electrons. The number of anilines is 1. The number of aromatic nitrogens is 1. The molecule has 3 N–H and O–H groups in total. The van der Waals surface area contributed by atoms with Gasteiger partial charge >= 0.3 is 6.18 Å². The van der Waals surface area contributed by atoms with Gasteiger partial charge in [0.25, 0.3) is 0 Å². The molecule has 0 spiro atoms. The van der Waals surface area contributed by atoms with E-state index in [9.17, 15) is 18.3 Å². The van der Waals surface area contributed by atoms with Crippen molar-refractivity contribution in [1.82, 2.24) is 4.98 Å². The Kier molecular flexibility index (Phi) is 4.75. The molecule has 0 aliphatic heterocycles. The van der Waals surface area contributed by atoms with Crippen LogP contribution < -0.4 is 5.32 Å². The zero-order valence-electron chi connectivity index (χ0n) is 10.8. The third-order valence-corrected chi connectivity index (χ3v) is 2.77. The standard InChI is InChI=1S/C12H17F3N2O2/c1-3-11(2,19)7-16-10-5-8(6-18)4-9(17-10)12(13,14)15/h4-5,18-19H,3,6-7H2,1-2H3,(H,16,17). The number of hydrogen-bond donors (Lipinski definition) is 3. The normalized spacial score (nSPS) is 15.1. The summed E-state index contributed by atoms with van der Waals surface area (Å²) < 4.78 is 37.8. The Hall–Kier alpha value is -1.34. The number of hydrogen-bond acceptors (Lipinski definition) is 4. The fraction of sp³-hybridized carbons (Fsp3) is 0.583. The first-order chi connectivity index (χ1) is 8.68. The first kappa shape index (κ1) is 15.7. The first-order valence-corrected chi connectivity index (χ1v) is 5.83. The number of rotatable bonds is 5. The lowest BCUT2D eigenvalue weighted by molar-refractivity contribution is -0.141. The van der Waals surface area contributed by atoms with E-state index in [1.54, 1.807) is 13.8 Å². The number of halogens is 3. The molecule has 7 heteroatoms. The number of nitrogens with one attached hydrogen (secondary N) is 1. The van der Waals surface area contributed by atoms with Gasteiger partial charge in [-0.3, -0.25) is 0 Å². The fourth-order valence-electron chi connectivity index (χ4n) is 1.32. The molecule has 1 heterocycles. The van der Waals surface area contributed by atoms with Gasteiger partial charge in [0, 0.05) is 6.54 Å². The second-order valence-electron chi connectivity index (χ2n) is 4.61. The van der Waals surface area contributed by atoms with E-state index in [0.29, 0.717) is 6.42 Å². The Morgan fingerprint density at radius 2 is 1.95 bits per heavy atom. The van der Waals surface area contributed by atoms with Crippen LogP contribution in [0.5, 0.6) is 0 Å². The van der Waals surface area contributed by atoms with Gasteiger partial charge in [-0.25, -0.2) is 4.98 Å². The topological polar surface area (TPSA) is 65.4 Å². The largest absolute Gasteiger partial charge is 0.433 e. The molecule has 0 saturated heterocycles. The quantitative estimate of drug-likeness (QED) is 0.772. The van der Waals surface area contributed by atoms with Crippen LogP contribution >= 0.6 is 0 Å². The van der Waals surface area contributed by atoms with Gasteiger partial charge in [0.2, 0.25) is 0 Å². The highest BCUT2D eigenvalue weighted by atomic mass is 19.4. The van der Waals surface area contributed by atoms with E-state index in [1.165, 1.54) is 6.07 Å². The molecule has 1 rings (SSSR count). The summed E-state index contributed by atoms with van der Waals surface area (Å²) in [6.45, 7) is 2.90. The van der Waals surface area contributed by atoms with Crippen molar-refractivity contribution in [3.05, 3.63) is 23.4 Å². The lowest BCUT2D eigenvalue weighted by Crippen LogP contribution is -2.32. The molecule has 1 aromatic heterocycles. The third kappa shape index (κ3) is 4.68. The molecule has 1 atom stereocenters. The minimum Gasteiger partial charge on any atom is -0.392 e. The van der Waals surface area contributed by atoms with Gasteiger partial charge in [-0.15, -0.1) is 0 Å². The highest BCUT2D eigenvalue weighted by Gasteiger charge is 2.33. The second-order valence-corrected chi connectivity index (χ2v) is 4.61. The Bertz CT molecular complexity index is 433. The van der Waals surface area contributed by atoms with Gasteiger partial charge in [-0.2, -0.15) is 13.2 Å². The van der Waals surface area contributed by atoms with Crippen molar-refractivity contribution >= 4 is 5.82 Å². The van der Waals surface area contributed by atoms with Gasteiger partial charge in [0.05, 0.1) is 12.2 Å². The average molecular weight is 278 g/mol. The summed E-state index contributed by atoms with van der Waals surface area (Å²) in [5.41, 5.74) is -1.99. The molecule has 0 radical (unpaired) electrons. The van der Waals surface area contributed by atoms with E-state index in [0.717, 1.165) is 6.07 Å². The maximum atomic E-state index is 12.6. The highest BCUT2D eigenvalue weighted by molar-refractivity contribution is 5.40. The maximum Gasteiger partial charge on any atom is 0.433 e. The lowest BCUT2D eigenvalue weighted by atomic mass is 10.0. The van der Waals surface area contributed by atoms with Gasteiger partial charge in [-0.1, -0.05) is 6.92 Å². The molecule has 0 aromatic carbocycles. The number of aliphatic hydroxyl groups is 2. The number of alkyl halides is 3. The molecule has 0 saturated carbocycles. The van der Waals surface area contributed by atoms with E-state index in [-0.39, 0.29) is 17.9 Å². The van der Waals surface area contributed by atoms with Crippen LogP contribution in [0.1, 0.15) is 31.5 Å². The van der Waals surface area contributed by atoms with Crippen LogP contribution in [0.3, 0.4) is 0 Å². The monoisotopic (exact) mass is 278 g/mol. The molecule has 4 nitrogen and oxygen atoms in total. The van der Waals surface area contributed by atoms with E-state index < -0.39 is 24.1 Å². The second kappa shape index (κ2) is 5.75. The van der Waals surface area contributed by atoms with Crippen LogP contribution in [0.2, 0.25) is 0 Å². The average Bonchev–Trinajstić information content (AvgIpc) is 2.35. The lowest BCUT2D eigenvalue weighted by Gasteiger charge is -2.22. The zero-order valence-corrected chi connectivity index (χ0v) is 10.8. The molecule has 0 aliphatic rings. The van der Waals surface area contributed by atoms with E-state index >= 15 is 0 Å². The molecule has 0 bridgehead atoms. The summed E-state index contributed by atoms with van der Waals surface area (Å²) in [6.07, 6.45) is -4.12. The zero-order chi connectivity index (χ0) is 14.7. The summed E-state index contributed by atoms with van der Waals surface area (Å²) >= 11 is 0. The Morgan fingerprint density at radius 1 is 1.32 bits per heavy atom. The van der Waals surface area contributed by atoms with E-state index in [4.69, 9.17) is 5.11 Å². The number of aliphatic hydroxyl groups excluding tert-OH is 1. The fourth-order valence-corrected chi connectivity index (χ4v) is 1.32. The summed E-state index contributed by atoms with van der Waals surface area (Å²) in [5.74, 6) is -0.0207. The summed E-state index contributed by atoms with van der Waals surface area (Å²) in [6, 6.07) is 2.12. The van der Waals surface area contributed by atoms with Gasteiger partial charge in [-0.05, 0) is 31.0 Å². The van der Waals surface area contributed by atoms with Crippen LogP contribution in [-0.2, 0) is 12.8 Å². The van der Waals surface area contributed by atoms with E-state index in [2.05, 4.69) is 10.3 Å². The molecule has 0 fully saturated rings. The van der Waals surface area contributed by atoms with Crippen molar-refractivity contribution in [3.63, 3.8) is 0 Å². The molecule has 1 unspecified atom stereocenters. The minimum absolute atomic E-state index is 0.0207. The van der Waals surface area contributed by atoms with Crippen molar-refractivity contribution in [1.29, 1.82) is 0 Å². The van der Waals surface area contributed by atoms with Crippen molar-refractivity contribution in [2.45, 2.75) is 38.7 Å². The van der Waals surface area contributed by atoms with Crippen LogP contribution in [0.25, 0.3) is 0 Å². The third-order valence-electron chi connectivity index (χ3n) is 2.77. The summed E-state index contributed by atoms with van der Waals surface area (Å²) in [5, 5.41) is 21.4. The predicted octanol–water partition coefficient (Wildman–Crippen LogP) is 2.17. The van der Waals surface area contributed by atoms with Crippen molar-refractivity contribution in [3.8, 4) is 0 Å². The van der Waals surface area contributed by atoms with Crippen molar-refractivity contribution in [2.75, 3.05) is 11.9 Å². The number of pyridine rings is 1. The molecular formula is C12H17F3N2O2. The molecular weight excluding hydrogens is 261 g/mol. The maximum absolute atomic E-state index is 12.6. The van der Waals surface area contributed by atoms with Crippen molar-refractivity contribution in [2.24, 2.45) is 0 Å². The Labute approximate surface area is 109 Å². The van der Waals surface area contributed by atoms with Gasteiger partial charge < -0.3 is 15.5 Å². The number of nitrogens with zero attached hydrogens (tertiary/aromatic N) is 1. The molecule has 19 heavy (non-hydrogen) atoms. The van der Waals surface area contributed by atoms with Crippen LogP contribution in [-0.4, -0.2) is 27.3 Å². The smallest absolute Gasteiger partial charge is 0.392 e. The first-order valence-electron chi connectivity index (χ1n) is 5.83. The Morgan fingerprint density at radius 3 is 2.42 bits per heavy atom. The highest BCUT2D eigenvalue weighted by Crippen LogP contribution is 2.29. The molecule has 0 aliphatic carbocycles. The van der Waals surface area contributed by atoms with Gasteiger partial charge in [0.15, 0.2) is 0 Å². The van der Waals surface area contributed by atoms with Crippen LogP contribution in [0.15, 0.2) is 12.1 Å². The molecule has 1 aromatic rings. The van der Waals surface area contributed by atoms with Gasteiger partial charge in [0.1, 0.15) is 11.5 Å². The summed E-state index contributed by atoms with van der Waals surface area (Å²) in [7, 11) is 0. The Balaban J connectivity index is 2.95. The van der Waals surface area contributed by atoms with Crippen LogP contribution in [0.4, 0.5) is 19.0 Å². The summed E-state index contributed by atoms with van der Waals surface area (Å²) in [4.78, 5) is 3.43. The molecule has 0 amide bonds. The van der Waals surface area contributed by atoms with Crippen LogP contribution in [0, 0.1) is 0 Å². The minimum atomic E-state index is -4.57. The van der Waals surface area contributed by atoms with E-state index in [1.807, 2.05) is 0 Å². The van der Waals surface area contributed by atoms with Crippen molar-refractivity contribution < 1.29 is 23.4 Å².